The van der Waals surface area contributed by atoms with E-state index in [0.29, 0.717) is 28.0 Å². The van der Waals surface area contributed by atoms with Crippen molar-refractivity contribution in [3.63, 3.8) is 0 Å². The van der Waals surface area contributed by atoms with Crippen molar-refractivity contribution < 1.29 is 9.72 Å². The highest BCUT2D eigenvalue weighted by molar-refractivity contribution is 6.32. The second-order valence-electron chi connectivity index (χ2n) is 6.08. The number of nitrogens with zero attached hydrogens (tertiary/aromatic N) is 4. The van der Waals surface area contributed by atoms with Gasteiger partial charge in [-0.2, -0.15) is 10.2 Å². The molecule has 0 atom stereocenters. The van der Waals surface area contributed by atoms with Crippen molar-refractivity contribution in [2.75, 3.05) is 0 Å². The van der Waals surface area contributed by atoms with Crippen LogP contribution >= 0.6 is 23.2 Å². The number of aromatic nitrogens is 2. The quantitative estimate of drug-likeness (QED) is 0.358. The molecule has 1 heterocycles. The average Bonchev–Trinajstić information content (AvgIpc) is 2.97. The van der Waals surface area contributed by atoms with E-state index in [4.69, 9.17) is 23.2 Å². The zero-order chi connectivity index (χ0) is 21.0. The lowest BCUT2D eigenvalue weighted by atomic mass is 10.2. The lowest BCUT2D eigenvalue weighted by molar-refractivity contribution is -0.384. The van der Waals surface area contributed by atoms with Gasteiger partial charge in [-0.25, -0.2) is 10.1 Å². The number of amides is 1. The molecule has 10 heteroatoms. The Morgan fingerprint density at radius 3 is 2.48 bits per heavy atom. The Hall–Kier alpha value is -3.23. The third-order valence-electron chi connectivity index (χ3n) is 4.06. The Balaban J connectivity index is 1.68. The van der Waals surface area contributed by atoms with E-state index < -0.39 is 10.8 Å². The summed E-state index contributed by atoms with van der Waals surface area (Å²) in [4.78, 5) is 22.2. The van der Waals surface area contributed by atoms with Gasteiger partial charge in [0.05, 0.1) is 28.9 Å². The van der Waals surface area contributed by atoms with Crippen molar-refractivity contribution in [1.82, 2.24) is 15.2 Å². The summed E-state index contributed by atoms with van der Waals surface area (Å²) in [6.45, 7) is 2.24. The maximum absolute atomic E-state index is 12.1. The molecule has 0 unspecified atom stereocenters. The smallest absolute Gasteiger partial charge is 0.267 e. The van der Waals surface area contributed by atoms with Crippen molar-refractivity contribution in [1.29, 1.82) is 0 Å². The second kappa shape index (κ2) is 8.85. The lowest BCUT2D eigenvalue weighted by Crippen LogP contribution is -2.17. The molecule has 2 aromatic carbocycles. The first-order valence-electron chi connectivity index (χ1n) is 8.40. The fourth-order valence-electron chi connectivity index (χ4n) is 2.54. The summed E-state index contributed by atoms with van der Waals surface area (Å²) in [7, 11) is 0. The van der Waals surface area contributed by atoms with Gasteiger partial charge in [0.1, 0.15) is 5.15 Å². The Labute approximate surface area is 175 Å². The lowest BCUT2D eigenvalue weighted by Gasteiger charge is -2.03. The molecule has 0 aliphatic carbocycles. The minimum atomic E-state index is -0.535. The first-order valence-corrected chi connectivity index (χ1v) is 9.16. The number of nitro benzene ring substituents is 1. The van der Waals surface area contributed by atoms with Crippen LogP contribution in [0.3, 0.4) is 0 Å². The van der Waals surface area contributed by atoms with Crippen LogP contribution < -0.4 is 5.43 Å². The zero-order valence-corrected chi connectivity index (χ0v) is 16.7. The van der Waals surface area contributed by atoms with Crippen molar-refractivity contribution in [2.45, 2.75) is 13.5 Å². The maximum Gasteiger partial charge on any atom is 0.271 e. The van der Waals surface area contributed by atoms with Crippen molar-refractivity contribution in [2.24, 2.45) is 5.10 Å². The summed E-state index contributed by atoms with van der Waals surface area (Å²) in [5, 5.41) is 20.0. The number of carbonyl (C=O) groups is 1. The number of benzene rings is 2. The van der Waals surface area contributed by atoms with Gasteiger partial charge in [-0.1, -0.05) is 35.3 Å². The van der Waals surface area contributed by atoms with E-state index in [1.54, 1.807) is 23.7 Å². The molecule has 1 N–H and O–H groups in total. The molecule has 0 bridgehead atoms. The van der Waals surface area contributed by atoms with E-state index in [1.165, 1.54) is 30.5 Å². The van der Waals surface area contributed by atoms with Crippen LogP contribution in [0.2, 0.25) is 10.2 Å². The molecule has 148 valence electrons. The van der Waals surface area contributed by atoms with E-state index in [1.807, 2.05) is 12.1 Å². The summed E-state index contributed by atoms with van der Waals surface area (Å²) < 4.78 is 1.62. The molecular formula is C19H15Cl2N5O3. The highest BCUT2D eigenvalue weighted by Crippen LogP contribution is 2.20. The first kappa shape index (κ1) is 20.5. The van der Waals surface area contributed by atoms with Gasteiger partial charge in [-0.05, 0) is 36.8 Å². The normalized spacial score (nSPS) is 11.0. The molecule has 0 fully saturated rings. The van der Waals surface area contributed by atoms with Gasteiger partial charge in [0.25, 0.3) is 11.6 Å². The van der Waals surface area contributed by atoms with Crippen LogP contribution in [-0.4, -0.2) is 26.8 Å². The molecule has 0 spiro atoms. The Bertz CT molecular complexity index is 1080. The number of hydrazone groups is 1. The standard InChI is InChI=1S/C19H15Cl2N5O3/c1-12-17(18(21)25(24-12)11-13-2-6-15(20)7-3-13)10-22-23-19(27)14-4-8-16(9-5-14)26(28)29/h2-10H,11H2,1H3,(H,23,27). The Kier molecular flexibility index (Phi) is 6.26. The van der Waals surface area contributed by atoms with E-state index in [9.17, 15) is 14.9 Å². The molecule has 29 heavy (non-hydrogen) atoms. The van der Waals surface area contributed by atoms with Crippen LogP contribution in [0.5, 0.6) is 0 Å². The number of hydrogen-bond donors (Lipinski definition) is 1. The number of hydrogen-bond acceptors (Lipinski definition) is 5. The number of nitro groups is 1. The van der Waals surface area contributed by atoms with Crippen molar-refractivity contribution in [3.8, 4) is 0 Å². The van der Waals surface area contributed by atoms with Gasteiger partial charge in [-0.15, -0.1) is 0 Å². The summed E-state index contributed by atoms with van der Waals surface area (Å²) >= 11 is 12.3. The molecule has 1 aromatic heterocycles. The fourth-order valence-corrected chi connectivity index (χ4v) is 2.94. The maximum atomic E-state index is 12.1. The van der Waals surface area contributed by atoms with Gasteiger partial charge >= 0.3 is 0 Å². The number of carbonyl (C=O) groups excluding carboxylic acids is 1. The van der Waals surface area contributed by atoms with Gasteiger partial charge < -0.3 is 0 Å². The van der Waals surface area contributed by atoms with E-state index in [0.717, 1.165) is 5.56 Å². The SMILES string of the molecule is Cc1nn(Cc2ccc(Cl)cc2)c(Cl)c1C=NNC(=O)c1ccc([N+](=O)[O-])cc1. The molecule has 0 aliphatic rings. The number of aryl methyl sites for hydroxylation is 1. The first-order chi connectivity index (χ1) is 13.8. The van der Waals surface area contributed by atoms with Gasteiger partial charge in [0.2, 0.25) is 0 Å². The number of non-ortho nitro benzene ring substituents is 1. The van der Waals surface area contributed by atoms with Crippen LogP contribution in [0.15, 0.2) is 53.6 Å². The summed E-state index contributed by atoms with van der Waals surface area (Å²) in [6.07, 6.45) is 1.41. The van der Waals surface area contributed by atoms with E-state index in [2.05, 4.69) is 15.6 Å². The molecule has 0 aliphatic heterocycles. The Morgan fingerprint density at radius 2 is 1.86 bits per heavy atom. The molecule has 0 radical (unpaired) electrons. The number of rotatable bonds is 6. The van der Waals surface area contributed by atoms with Crippen molar-refractivity contribution >= 4 is 41.0 Å². The Morgan fingerprint density at radius 1 is 1.21 bits per heavy atom. The average molecular weight is 432 g/mol. The monoisotopic (exact) mass is 431 g/mol. The predicted molar refractivity (Wildman–Crippen MR) is 111 cm³/mol. The minimum Gasteiger partial charge on any atom is -0.267 e. The number of halogens is 2. The molecule has 3 aromatic rings. The molecule has 0 saturated carbocycles. The zero-order valence-electron chi connectivity index (χ0n) is 15.2. The van der Waals surface area contributed by atoms with Gasteiger partial charge in [0.15, 0.2) is 0 Å². The largest absolute Gasteiger partial charge is 0.271 e. The molecule has 1 amide bonds. The predicted octanol–water partition coefficient (Wildman–Crippen LogP) is 4.22. The minimum absolute atomic E-state index is 0.0967. The highest BCUT2D eigenvalue weighted by atomic mass is 35.5. The third-order valence-corrected chi connectivity index (χ3v) is 4.71. The fraction of sp³-hybridized carbons (Fsp3) is 0.105. The van der Waals surface area contributed by atoms with E-state index >= 15 is 0 Å². The summed E-state index contributed by atoms with van der Waals surface area (Å²) in [5.74, 6) is -0.501. The van der Waals surface area contributed by atoms with Crippen LogP contribution in [0.1, 0.15) is 27.2 Å². The molecule has 0 saturated heterocycles. The van der Waals surface area contributed by atoms with E-state index in [-0.39, 0.29) is 11.3 Å². The van der Waals surface area contributed by atoms with Crippen molar-refractivity contribution in [3.05, 3.63) is 91.2 Å². The highest BCUT2D eigenvalue weighted by Gasteiger charge is 2.13. The van der Waals surface area contributed by atoms with Gasteiger partial charge in [0, 0.05) is 22.7 Å². The van der Waals surface area contributed by atoms with Crippen LogP contribution in [0.4, 0.5) is 5.69 Å². The molecular weight excluding hydrogens is 417 g/mol. The molecule has 8 nitrogen and oxygen atoms in total. The third kappa shape index (κ3) is 4.98. The van der Waals surface area contributed by atoms with Crippen LogP contribution in [0.25, 0.3) is 0 Å². The number of nitrogens with one attached hydrogen (secondary N) is 1. The summed E-state index contributed by atoms with van der Waals surface area (Å²) in [6, 6.07) is 12.5. The van der Waals surface area contributed by atoms with Crippen LogP contribution in [-0.2, 0) is 6.54 Å². The van der Waals surface area contributed by atoms with Gasteiger partial charge in [-0.3, -0.25) is 14.9 Å². The molecule has 3 rings (SSSR count). The van der Waals surface area contributed by atoms with Crippen LogP contribution in [0, 0.1) is 17.0 Å². The second-order valence-corrected chi connectivity index (χ2v) is 6.87. The summed E-state index contributed by atoms with van der Waals surface area (Å²) in [5.41, 5.74) is 4.72. The topological polar surface area (TPSA) is 102 Å².